The maximum atomic E-state index is 14.6. The highest BCUT2D eigenvalue weighted by molar-refractivity contribution is 6.30. The molecule has 0 radical (unpaired) electrons. The third kappa shape index (κ3) is 6.85. The van der Waals surface area contributed by atoms with Crippen molar-refractivity contribution in [3.63, 3.8) is 0 Å². The molecule has 0 bridgehead atoms. The van der Waals surface area contributed by atoms with E-state index in [0.29, 0.717) is 23.7 Å². The van der Waals surface area contributed by atoms with Gasteiger partial charge in [0.15, 0.2) is 0 Å². The van der Waals surface area contributed by atoms with E-state index in [9.17, 15) is 8.78 Å². The molecule has 0 fully saturated rings. The number of unbranched alkanes of at least 4 members (excludes halogenated alkanes) is 2. The molecule has 0 amide bonds. The van der Waals surface area contributed by atoms with Gasteiger partial charge in [0, 0.05) is 41.3 Å². The van der Waals surface area contributed by atoms with Gasteiger partial charge in [0.25, 0.3) is 0 Å². The maximum absolute atomic E-state index is 14.6. The molecule has 0 atom stereocenters. The first-order valence-electron chi connectivity index (χ1n) is 13.1. The largest absolute Gasteiger partial charge is 0.326 e. The van der Waals surface area contributed by atoms with Crippen LogP contribution in [0.5, 0.6) is 0 Å². The highest BCUT2D eigenvalue weighted by atomic mass is 35.5. The molecule has 0 aliphatic carbocycles. The summed E-state index contributed by atoms with van der Waals surface area (Å²) in [7, 11) is 0. The van der Waals surface area contributed by atoms with E-state index in [1.807, 2.05) is 42.5 Å². The van der Waals surface area contributed by atoms with Crippen molar-refractivity contribution in [2.45, 2.75) is 59.2 Å². The van der Waals surface area contributed by atoms with Crippen LogP contribution in [0.25, 0.3) is 22.6 Å². The molecule has 0 saturated heterocycles. The van der Waals surface area contributed by atoms with Gasteiger partial charge >= 0.3 is 0 Å². The summed E-state index contributed by atoms with van der Waals surface area (Å²) in [5, 5.41) is 0.671. The van der Waals surface area contributed by atoms with Crippen LogP contribution in [-0.2, 0) is 19.6 Å². The van der Waals surface area contributed by atoms with Crippen LogP contribution >= 0.6 is 11.6 Å². The molecule has 4 rings (SSSR count). The van der Waals surface area contributed by atoms with E-state index < -0.39 is 5.82 Å². The zero-order chi connectivity index (χ0) is 26.2. The van der Waals surface area contributed by atoms with E-state index >= 15 is 0 Å². The monoisotopic (exact) mass is 521 g/mol. The number of hydrogen-bond donors (Lipinski definition) is 0. The molecule has 0 aliphatic rings. The molecular formula is C31H34ClF2N3. The Morgan fingerprint density at radius 2 is 1.57 bits per heavy atom. The second kappa shape index (κ2) is 13.0. The Morgan fingerprint density at radius 3 is 2.27 bits per heavy atom. The molecule has 0 saturated carbocycles. The van der Waals surface area contributed by atoms with Crippen LogP contribution in [0.4, 0.5) is 8.78 Å². The molecule has 4 aromatic rings. The fraction of sp³-hybridized carbons (Fsp3) is 0.323. The predicted molar refractivity (Wildman–Crippen MR) is 148 cm³/mol. The minimum Gasteiger partial charge on any atom is -0.326 e. The Labute approximate surface area is 223 Å². The molecule has 0 spiro atoms. The summed E-state index contributed by atoms with van der Waals surface area (Å²) in [6, 6.07) is 21.6. The van der Waals surface area contributed by atoms with Crippen molar-refractivity contribution in [2.24, 2.45) is 0 Å². The lowest BCUT2D eigenvalue weighted by Gasteiger charge is -2.24. The number of aromatic nitrogens is 2. The van der Waals surface area contributed by atoms with E-state index in [4.69, 9.17) is 16.6 Å². The van der Waals surface area contributed by atoms with Crippen LogP contribution in [0, 0.1) is 11.6 Å². The highest BCUT2D eigenvalue weighted by Crippen LogP contribution is 2.32. The molecule has 3 aromatic carbocycles. The van der Waals surface area contributed by atoms with Gasteiger partial charge in [-0.3, -0.25) is 4.90 Å². The number of imidazole rings is 1. The summed E-state index contributed by atoms with van der Waals surface area (Å²) in [6.45, 7) is 6.80. The lowest BCUT2D eigenvalue weighted by Crippen LogP contribution is -2.26. The van der Waals surface area contributed by atoms with Crippen molar-refractivity contribution < 1.29 is 8.78 Å². The number of nitrogens with zero attached hydrogens (tertiary/aromatic N) is 3. The summed E-state index contributed by atoms with van der Waals surface area (Å²) in [4.78, 5) is 7.37. The van der Waals surface area contributed by atoms with Crippen LogP contribution in [0.2, 0.25) is 5.02 Å². The van der Waals surface area contributed by atoms with E-state index in [0.717, 1.165) is 67.1 Å². The van der Waals surface area contributed by atoms with E-state index in [1.165, 1.54) is 18.2 Å². The van der Waals surface area contributed by atoms with Crippen molar-refractivity contribution >= 4 is 11.6 Å². The molecule has 0 aliphatic heterocycles. The van der Waals surface area contributed by atoms with E-state index in [-0.39, 0.29) is 5.82 Å². The maximum Gasteiger partial charge on any atom is 0.140 e. The molecule has 0 N–H and O–H groups in total. The highest BCUT2D eigenvalue weighted by Gasteiger charge is 2.22. The topological polar surface area (TPSA) is 21.1 Å². The van der Waals surface area contributed by atoms with Crippen LogP contribution in [-0.4, -0.2) is 21.0 Å². The van der Waals surface area contributed by atoms with Gasteiger partial charge in [0.1, 0.15) is 17.5 Å². The van der Waals surface area contributed by atoms with Crippen LogP contribution in [0.15, 0.2) is 72.8 Å². The summed E-state index contributed by atoms with van der Waals surface area (Å²) < 4.78 is 30.9. The van der Waals surface area contributed by atoms with Gasteiger partial charge < -0.3 is 4.57 Å². The number of hydrogen-bond acceptors (Lipinski definition) is 2. The second-order valence-electron chi connectivity index (χ2n) is 9.41. The van der Waals surface area contributed by atoms with Crippen LogP contribution < -0.4 is 0 Å². The molecule has 3 nitrogen and oxygen atoms in total. The third-order valence-corrected chi connectivity index (χ3v) is 6.81. The van der Waals surface area contributed by atoms with E-state index in [1.54, 1.807) is 0 Å². The Kier molecular flexibility index (Phi) is 9.48. The molecule has 37 heavy (non-hydrogen) atoms. The fourth-order valence-corrected chi connectivity index (χ4v) is 4.69. The number of rotatable bonds is 12. The van der Waals surface area contributed by atoms with Crippen molar-refractivity contribution in [1.29, 1.82) is 0 Å². The number of benzene rings is 3. The Hall–Kier alpha value is -3.02. The zero-order valence-corrected chi connectivity index (χ0v) is 22.3. The Bertz CT molecular complexity index is 1290. The van der Waals surface area contributed by atoms with Crippen molar-refractivity contribution in [1.82, 2.24) is 14.5 Å². The van der Waals surface area contributed by atoms with Gasteiger partial charge in [-0.25, -0.2) is 13.8 Å². The lowest BCUT2D eigenvalue weighted by molar-refractivity contribution is 0.242. The molecule has 1 heterocycles. The fourth-order valence-electron chi connectivity index (χ4n) is 4.56. The Morgan fingerprint density at radius 1 is 0.838 bits per heavy atom. The minimum atomic E-state index is -0.423. The number of halogens is 3. The quantitative estimate of drug-likeness (QED) is 0.186. The summed E-state index contributed by atoms with van der Waals surface area (Å²) in [6.07, 6.45) is 4.03. The summed E-state index contributed by atoms with van der Waals surface area (Å²) in [5.74, 6) is 0.111. The van der Waals surface area contributed by atoms with Gasteiger partial charge in [-0.1, -0.05) is 80.8 Å². The van der Waals surface area contributed by atoms with Gasteiger partial charge in [-0.15, -0.1) is 0 Å². The molecule has 0 unspecified atom stereocenters. The van der Waals surface area contributed by atoms with Gasteiger partial charge in [0.2, 0.25) is 0 Å². The summed E-state index contributed by atoms with van der Waals surface area (Å²) >= 11 is 6.20. The minimum absolute atomic E-state index is 0.323. The van der Waals surface area contributed by atoms with Crippen molar-refractivity contribution in [3.05, 3.63) is 101 Å². The van der Waals surface area contributed by atoms with Gasteiger partial charge in [-0.05, 0) is 49.7 Å². The molecule has 6 heteroatoms. The van der Waals surface area contributed by atoms with Crippen molar-refractivity contribution in [3.8, 4) is 22.6 Å². The van der Waals surface area contributed by atoms with Crippen LogP contribution in [0.3, 0.4) is 0 Å². The second-order valence-corrected chi connectivity index (χ2v) is 9.85. The van der Waals surface area contributed by atoms with E-state index in [2.05, 4.69) is 35.4 Å². The third-order valence-electron chi connectivity index (χ3n) is 6.56. The van der Waals surface area contributed by atoms with Crippen LogP contribution in [0.1, 0.15) is 50.8 Å². The lowest BCUT2D eigenvalue weighted by atomic mass is 10.1. The first kappa shape index (κ1) is 27.0. The predicted octanol–water partition coefficient (Wildman–Crippen LogP) is 8.75. The summed E-state index contributed by atoms with van der Waals surface area (Å²) in [5.41, 5.74) is 4.37. The SMILES string of the molecule is CCCCN(Cc1cc(F)ccc1F)Cc1c(-c2ccc(Cl)cc2)nc(-c2ccccc2)n1CCCC. The average Bonchev–Trinajstić information content (AvgIpc) is 3.26. The first-order valence-corrected chi connectivity index (χ1v) is 13.4. The standard InChI is InChI=1S/C31H34ClF2N3/c1-3-5-18-36(21-25-20-27(33)16-17-28(25)34)22-29-30(23-12-14-26(32)15-13-23)35-31(37(29)19-6-4-2)24-10-8-7-9-11-24/h7-17,20H,3-6,18-19,21-22H2,1-2H3. The van der Waals surface area contributed by atoms with Gasteiger partial charge in [0.05, 0.1) is 11.4 Å². The normalized spacial score (nSPS) is 11.4. The molecular weight excluding hydrogens is 488 g/mol. The average molecular weight is 522 g/mol. The van der Waals surface area contributed by atoms with Crippen molar-refractivity contribution in [2.75, 3.05) is 6.54 Å². The zero-order valence-electron chi connectivity index (χ0n) is 21.6. The molecule has 1 aromatic heterocycles. The van der Waals surface area contributed by atoms with Gasteiger partial charge in [-0.2, -0.15) is 0 Å². The Balaban J connectivity index is 1.82. The molecule has 194 valence electrons. The smallest absolute Gasteiger partial charge is 0.140 e. The first-order chi connectivity index (χ1) is 18.0.